The number of nitrogens with one attached hydrogen (secondary N) is 1. The molecule has 1 atom stereocenters. The van der Waals surface area contributed by atoms with Crippen molar-refractivity contribution in [3.63, 3.8) is 0 Å². The minimum absolute atomic E-state index is 0.138. The SMILES string of the molecule is Oc1cccc([C@@H](O)CNCc2cccc(Cl)c2Cl)c1. The maximum absolute atomic E-state index is 10.0. The van der Waals surface area contributed by atoms with Gasteiger partial charge >= 0.3 is 0 Å². The first-order chi connectivity index (χ1) is 9.58. The van der Waals surface area contributed by atoms with E-state index in [1.807, 2.05) is 12.1 Å². The number of phenolic OH excluding ortho intramolecular Hbond substituents is 1. The molecular weight excluding hydrogens is 297 g/mol. The third kappa shape index (κ3) is 3.87. The lowest BCUT2D eigenvalue weighted by atomic mass is 10.1. The maximum Gasteiger partial charge on any atom is 0.115 e. The average Bonchev–Trinajstić information content (AvgIpc) is 2.43. The molecule has 2 aromatic carbocycles. The van der Waals surface area contributed by atoms with Gasteiger partial charge in [-0.3, -0.25) is 0 Å². The molecule has 0 saturated heterocycles. The van der Waals surface area contributed by atoms with Gasteiger partial charge in [-0.2, -0.15) is 0 Å². The summed E-state index contributed by atoms with van der Waals surface area (Å²) in [6, 6.07) is 12.0. The van der Waals surface area contributed by atoms with Gasteiger partial charge in [0.05, 0.1) is 16.1 Å². The molecule has 3 N–H and O–H groups in total. The summed E-state index contributed by atoms with van der Waals surface area (Å²) in [7, 11) is 0. The molecule has 0 aliphatic heterocycles. The summed E-state index contributed by atoms with van der Waals surface area (Å²) in [5, 5.41) is 23.5. The van der Waals surface area contributed by atoms with E-state index >= 15 is 0 Å². The Morgan fingerprint density at radius 2 is 1.85 bits per heavy atom. The number of aliphatic hydroxyl groups is 1. The van der Waals surface area contributed by atoms with Crippen molar-refractivity contribution < 1.29 is 10.2 Å². The summed E-state index contributed by atoms with van der Waals surface area (Å²) in [4.78, 5) is 0. The van der Waals surface area contributed by atoms with Gasteiger partial charge < -0.3 is 15.5 Å². The van der Waals surface area contributed by atoms with Gasteiger partial charge in [0.25, 0.3) is 0 Å². The Hall–Kier alpha value is -1.26. The Kier molecular flexibility index (Phi) is 5.26. The molecule has 0 aliphatic carbocycles. The molecule has 0 spiro atoms. The first-order valence-corrected chi connectivity index (χ1v) is 6.94. The van der Waals surface area contributed by atoms with E-state index in [0.29, 0.717) is 28.7 Å². The molecule has 0 fully saturated rings. The molecule has 0 heterocycles. The van der Waals surface area contributed by atoms with Crippen LogP contribution in [0.4, 0.5) is 0 Å². The predicted octanol–water partition coefficient (Wildman–Crippen LogP) is 3.52. The zero-order valence-electron chi connectivity index (χ0n) is 10.7. The molecule has 0 bridgehead atoms. The van der Waals surface area contributed by atoms with Gasteiger partial charge in [0, 0.05) is 13.1 Å². The van der Waals surface area contributed by atoms with Gasteiger partial charge in [-0.1, -0.05) is 47.5 Å². The minimum Gasteiger partial charge on any atom is -0.508 e. The number of halogens is 2. The van der Waals surface area contributed by atoms with E-state index in [9.17, 15) is 10.2 Å². The van der Waals surface area contributed by atoms with Crippen LogP contribution in [0.1, 0.15) is 17.2 Å². The summed E-state index contributed by atoms with van der Waals surface area (Å²) >= 11 is 12.0. The van der Waals surface area contributed by atoms with Crippen LogP contribution in [0.25, 0.3) is 0 Å². The fourth-order valence-electron chi connectivity index (χ4n) is 1.88. The second kappa shape index (κ2) is 6.95. The average molecular weight is 312 g/mol. The molecular formula is C15H15Cl2NO2. The highest BCUT2D eigenvalue weighted by Gasteiger charge is 2.09. The van der Waals surface area contributed by atoms with Crippen molar-refractivity contribution in [2.75, 3.05) is 6.54 Å². The summed E-state index contributed by atoms with van der Waals surface area (Å²) in [6.45, 7) is 0.863. The third-order valence-corrected chi connectivity index (χ3v) is 3.80. The lowest BCUT2D eigenvalue weighted by Gasteiger charge is -2.13. The molecule has 0 aliphatic rings. The number of phenols is 1. The molecule has 3 nitrogen and oxygen atoms in total. The third-order valence-electron chi connectivity index (χ3n) is 2.94. The number of rotatable bonds is 5. The van der Waals surface area contributed by atoms with Crippen LogP contribution in [-0.4, -0.2) is 16.8 Å². The highest BCUT2D eigenvalue weighted by molar-refractivity contribution is 6.42. The number of hydrogen-bond donors (Lipinski definition) is 3. The second-order valence-electron chi connectivity index (χ2n) is 4.45. The van der Waals surface area contributed by atoms with Crippen LogP contribution in [0.5, 0.6) is 5.75 Å². The molecule has 0 unspecified atom stereocenters. The topological polar surface area (TPSA) is 52.5 Å². The predicted molar refractivity (Wildman–Crippen MR) is 81.2 cm³/mol. The summed E-state index contributed by atoms with van der Waals surface area (Å²) < 4.78 is 0. The van der Waals surface area contributed by atoms with E-state index in [1.165, 1.54) is 0 Å². The molecule has 2 rings (SSSR count). The van der Waals surface area contributed by atoms with Crippen molar-refractivity contribution in [3.8, 4) is 5.75 Å². The molecule has 5 heteroatoms. The Labute approximate surface area is 127 Å². The van der Waals surface area contributed by atoms with Crippen LogP contribution in [0.2, 0.25) is 10.0 Å². The minimum atomic E-state index is -0.694. The van der Waals surface area contributed by atoms with E-state index in [0.717, 1.165) is 5.56 Å². The lowest BCUT2D eigenvalue weighted by Crippen LogP contribution is -2.21. The molecule has 0 aromatic heterocycles. The van der Waals surface area contributed by atoms with E-state index < -0.39 is 6.10 Å². The number of hydrogen-bond acceptors (Lipinski definition) is 3. The molecule has 20 heavy (non-hydrogen) atoms. The van der Waals surface area contributed by atoms with Crippen LogP contribution < -0.4 is 5.32 Å². The van der Waals surface area contributed by atoms with Crippen molar-refractivity contribution in [1.82, 2.24) is 5.32 Å². The lowest BCUT2D eigenvalue weighted by molar-refractivity contribution is 0.174. The van der Waals surface area contributed by atoms with Gasteiger partial charge in [-0.25, -0.2) is 0 Å². The van der Waals surface area contributed by atoms with Crippen LogP contribution in [0, 0.1) is 0 Å². The van der Waals surface area contributed by atoms with E-state index in [1.54, 1.807) is 30.3 Å². The van der Waals surface area contributed by atoms with Crippen LogP contribution in [-0.2, 0) is 6.54 Å². The highest BCUT2D eigenvalue weighted by Crippen LogP contribution is 2.25. The standard InChI is InChI=1S/C15H15Cl2NO2/c16-13-6-2-4-11(15(13)17)8-18-9-14(20)10-3-1-5-12(19)7-10/h1-7,14,18-20H,8-9H2/t14-/m0/s1. The normalized spacial score (nSPS) is 12.3. The fourth-order valence-corrected chi connectivity index (χ4v) is 2.27. The van der Waals surface area contributed by atoms with Crippen LogP contribution in [0.3, 0.4) is 0 Å². The second-order valence-corrected chi connectivity index (χ2v) is 5.24. The van der Waals surface area contributed by atoms with Crippen molar-refractivity contribution in [2.24, 2.45) is 0 Å². The number of benzene rings is 2. The van der Waals surface area contributed by atoms with Gasteiger partial charge in [0.15, 0.2) is 0 Å². The largest absolute Gasteiger partial charge is 0.508 e. The molecule has 2 aromatic rings. The number of aromatic hydroxyl groups is 1. The van der Waals surface area contributed by atoms with Gasteiger partial charge in [0.1, 0.15) is 5.75 Å². The Balaban J connectivity index is 1.91. The quantitative estimate of drug-likeness (QED) is 0.792. The van der Waals surface area contributed by atoms with E-state index in [-0.39, 0.29) is 5.75 Å². The maximum atomic E-state index is 10.0. The Bertz CT molecular complexity index is 590. The van der Waals surface area contributed by atoms with E-state index in [2.05, 4.69) is 5.32 Å². The molecule has 106 valence electrons. The van der Waals surface area contributed by atoms with Crippen molar-refractivity contribution in [1.29, 1.82) is 0 Å². The fraction of sp³-hybridized carbons (Fsp3) is 0.200. The first kappa shape index (κ1) is 15.1. The van der Waals surface area contributed by atoms with Crippen LogP contribution in [0.15, 0.2) is 42.5 Å². The monoisotopic (exact) mass is 311 g/mol. The van der Waals surface area contributed by atoms with Gasteiger partial charge in [-0.15, -0.1) is 0 Å². The zero-order chi connectivity index (χ0) is 14.5. The van der Waals surface area contributed by atoms with Crippen molar-refractivity contribution in [3.05, 3.63) is 63.6 Å². The van der Waals surface area contributed by atoms with Gasteiger partial charge in [-0.05, 0) is 29.3 Å². The number of aliphatic hydroxyl groups excluding tert-OH is 1. The zero-order valence-corrected chi connectivity index (χ0v) is 12.2. The van der Waals surface area contributed by atoms with Crippen molar-refractivity contribution in [2.45, 2.75) is 12.6 Å². The van der Waals surface area contributed by atoms with E-state index in [4.69, 9.17) is 23.2 Å². The molecule has 0 amide bonds. The van der Waals surface area contributed by atoms with Gasteiger partial charge in [0.2, 0.25) is 0 Å². The molecule has 0 saturated carbocycles. The smallest absolute Gasteiger partial charge is 0.115 e. The summed E-state index contributed by atoms with van der Waals surface area (Å²) in [5.74, 6) is 0.138. The summed E-state index contributed by atoms with van der Waals surface area (Å²) in [5.41, 5.74) is 1.54. The van der Waals surface area contributed by atoms with Crippen molar-refractivity contribution >= 4 is 23.2 Å². The summed E-state index contributed by atoms with van der Waals surface area (Å²) in [6.07, 6.45) is -0.694. The molecule has 0 radical (unpaired) electrons. The Morgan fingerprint density at radius 3 is 2.60 bits per heavy atom. The Morgan fingerprint density at radius 1 is 1.10 bits per heavy atom. The first-order valence-electron chi connectivity index (χ1n) is 6.18. The highest BCUT2D eigenvalue weighted by atomic mass is 35.5. The van der Waals surface area contributed by atoms with Crippen LogP contribution >= 0.6 is 23.2 Å².